The maximum absolute atomic E-state index is 13.3. The summed E-state index contributed by atoms with van der Waals surface area (Å²) in [5.74, 6) is -0.457. The fourth-order valence-corrected chi connectivity index (χ4v) is 4.37. The zero-order valence-electron chi connectivity index (χ0n) is 17.7. The summed E-state index contributed by atoms with van der Waals surface area (Å²) in [6, 6.07) is 16.2. The Morgan fingerprint density at radius 1 is 1.13 bits per heavy atom. The topological polar surface area (TPSA) is 81.8 Å². The lowest BCUT2D eigenvalue weighted by Crippen LogP contribution is -2.70. The first kappa shape index (κ1) is 21.1. The van der Waals surface area contributed by atoms with Crippen molar-refractivity contribution >= 4 is 23.5 Å². The van der Waals surface area contributed by atoms with E-state index in [-0.39, 0.29) is 30.4 Å². The molecule has 2 unspecified atom stereocenters. The largest absolute Gasteiger partial charge is 0.327 e. The van der Waals surface area contributed by atoms with Crippen molar-refractivity contribution in [3.63, 3.8) is 0 Å². The third-order valence-corrected chi connectivity index (χ3v) is 5.92. The van der Waals surface area contributed by atoms with Gasteiger partial charge in [-0.3, -0.25) is 14.5 Å². The first-order valence-corrected chi connectivity index (χ1v) is 10.8. The molecule has 4 amide bonds. The molecule has 2 aliphatic heterocycles. The molecule has 0 bridgehead atoms. The maximum Gasteiger partial charge on any atom is 0.327 e. The van der Waals surface area contributed by atoms with Gasteiger partial charge in [0.1, 0.15) is 12.6 Å². The Morgan fingerprint density at radius 2 is 1.94 bits per heavy atom. The molecule has 7 nitrogen and oxygen atoms in total. The average molecular weight is 421 g/mol. The zero-order valence-corrected chi connectivity index (χ0v) is 17.7. The summed E-state index contributed by atoms with van der Waals surface area (Å²) in [4.78, 5) is 42.0. The van der Waals surface area contributed by atoms with Gasteiger partial charge in [-0.15, -0.1) is 0 Å². The maximum atomic E-state index is 13.3. The molecule has 2 aromatic rings. The molecule has 2 aliphatic rings. The monoisotopic (exact) mass is 420 g/mol. The number of carbonyl (C=O) groups excluding carboxylic acids is 3. The van der Waals surface area contributed by atoms with Crippen LogP contribution in [-0.2, 0) is 16.0 Å². The molecule has 2 saturated heterocycles. The first-order chi connectivity index (χ1) is 15.0. The van der Waals surface area contributed by atoms with Gasteiger partial charge >= 0.3 is 6.03 Å². The summed E-state index contributed by atoms with van der Waals surface area (Å²) >= 11 is 0. The molecule has 2 fully saturated rings. The lowest BCUT2D eigenvalue weighted by atomic mass is 9.93. The van der Waals surface area contributed by atoms with Crippen molar-refractivity contribution in [2.75, 3.05) is 25.0 Å². The Morgan fingerprint density at radius 3 is 2.71 bits per heavy atom. The summed E-state index contributed by atoms with van der Waals surface area (Å²) in [6.45, 7) is 2.91. The second-order valence-corrected chi connectivity index (χ2v) is 8.19. The minimum Gasteiger partial charge on any atom is -0.325 e. The van der Waals surface area contributed by atoms with E-state index in [1.807, 2.05) is 61.5 Å². The Labute approximate surface area is 182 Å². The Kier molecular flexibility index (Phi) is 6.32. The Bertz CT molecular complexity index is 962. The van der Waals surface area contributed by atoms with Gasteiger partial charge in [-0.2, -0.15) is 0 Å². The van der Waals surface area contributed by atoms with Crippen LogP contribution in [0.5, 0.6) is 0 Å². The van der Waals surface area contributed by atoms with E-state index in [0.29, 0.717) is 25.1 Å². The van der Waals surface area contributed by atoms with Gasteiger partial charge < -0.3 is 15.5 Å². The SMILES string of the molecule is Cc1cccc(NC(=O)CN2C(=O)N(CCc3ccccc3)C(=O)C3NCCCC32)c1. The number of rotatable bonds is 6. The van der Waals surface area contributed by atoms with E-state index >= 15 is 0 Å². The fraction of sp³-hybridized carbons (Fsp3) is 0.375. The molecule has 0 spiro atoms. The van der Waals surface area contributed by atoms with Crippen LogP contribution in [0.25, 0.3) is 0 Å². The number of hydrogen-bond donors (Lipinski definition) is 2. The van der Waals surface area contributed by atoms with Gasteiger partial charge in [0.15, 0.2) is 0 Å². The number of amides is 4. The van der Waals surface area contributed by atoms with Gasteiger partial charge in [-0.05, 0) is 56.0 Å². The van der Waals surface area contributed by atoms with Crippen LogP contribution < -0.4 is 10.6 Å². The number of fused-ring (bicyclic) bond motifs is 1. The lowest BCUT2D eigenvalue weighted by molar-refractivity contribution is -0.138. The molecule has 4 rings (SSSR count). The lowest BCUT2D eigenvalue weighted by Gasteiger charge is -2.46. The van der Waals surface area contributed by atoms with Gasteiger partial charge in [0.2, 0.25) is 11.8 Å². The van der Waals surface area contributed by atoms with E-state index in [1.54, 1.807) is 4.90 Å². The van der Waals surface area contributed by atoms with Crippen LogP contribution in [0.4, 0.5) is 10.5 Å². The number of anilines is 1. The van der Waals surface area contributed by atoms with Gasteiger partial charge in [-0.25, -0.2) is 4.79 Å². The van der Waals surface area contributed by atoms with Crippen molar-refractivity contribution in [3.8, 4) is 0 Å². The van der Waals surface area contributed by atoms with Crippen molar-refractivity contribution in [2.24, 2.45) is 0 Å². The second kappa shape index (κ2) is 9.31. The van der Waals surface area contributed by atoms with Gasteiger partial charge in [0.25, 0.3) is 0 Å². The normalized spacial score (nSPS) is 21.1. The number of urea groups is 1. The molecule has 31 heavy (non-hydrogen) atoms. The van der Waals surface area contributed by atoms with E-state index in [0.717, 1.165) is 24.1 Å². The molecule has 0 saturated carbocycles. The summed E-state index contributed by atoms with van der Waals surface area (Å²) < 4.78 is 0. The number of imide groups is 1. The molecule has 2 aromatic carbocycles. The standard InChI is InChI=1S/C24H28N4O3/c1-17-7-5-10-19(15-17)26-21(29)16-28-20-11-6-13-25-22(20)23(30)27(24(28)31)14-12-18-8-3-2-4-9-18/h2-5,7-10,15,20,22,25H,6,11-14,16H2,1H3,(H,26,29). The predicted octanol–water partition coefficient (Wildman–Crippen LogP) is 2.56. The molecule has 2 heterocycles. The highest BCUT2D eigenvalue weighted by atomic mass is 16.2. The average Bonchev–Trinajstić information content (AvgIpc) is 2.77. The third-order valence-electron chi connectivity index (χ3n) is 5.92. The summed E-state index contributed by atoms with van der Waals surface area (Å²) in [7, 11) is 0. The van der Waals surface area contributed by atoms with E-state index in [2.05, 4.69) is 10.6 Å². The Balaban J connectivity index is 1.49. The van der Waals surface area contributed by atoms with Crippen LogP contribution in [0.1, 0.15) is 24.0 Å². The van der Waals surface area contributed by atoms with Crippen molar-refractivity contribution in [2.45, 2.75) is 38.3 Å². The van der Waals surface area contributed by atoms with E-state index < -0.39 is 6.04 Å². The highest BCUT2D eigenvalue weighted by Crippen LogP contribution is 2.25. The number of carbonyl (C=O) groups is 3. The molecular formula is C24H28N4O3. The van der Waals surface area contributed by atoms with Crippen molar-refractivity contribution in [1.82, 2.24) is 15.1 Å². The van der Waals surface area contributed by atoms with E-state index in [9.17, 15) is 14.4 Å². The summed E-state index contributed by atoms with van der Waals surface area (Å²) in [5.41, 5.74) is 2.80. The third kappa shape index (κ3) is 4.77. The van der Waals surface area contributed by atoms with Gasteiger partial charge in [-0.1, -0.05) is 42.5 Å². The van der Waals surface area contributed by atoms with E-state index in [4.69, 9.17) is 0 Å². The summed E-state index contributed by atoms with van der Waals surface area (Å²) in [5, 5.41) is 6.14. The number of aryl methyl sites for hydroxylation is 1. The molecule has 0 aromatic heterocycles. The van der Waals surface area contributed by atoms with Crippen LogP contribution in [0.2, 0.25) is 0 Å². The molecule has 2 atom stereocenters. The summed E-state index contributed by atoms with van der Waals surface area (Å²) in [6.07, 6.45) is 2.15. The predicted molar refractivity (Wildman–Crippen MR) is 119 cm³/mol. The number of benzene rings is 2. The number of nitrogens with one attached hydrogen (secondary N) is 2. The molecule has 162 valence electrons. The minimum atomic E-state index is -0.464. The minimum absolute atomic E-state index is 0.0786. The van der Waals surface area contributed by atoms with Crippen LogP contribution in [0, 0.1) is 6.92 Å². The van der Waals surface area contributed by atoms with Crippen LogP contribution in [-0.4, -0.2) is 59.4 Å². The molecular weight excluding hydrogens is 392 g/mol. The van der Waals surface area contributed by atoms with Crippen LogP contribution in [0.3, 0.4) is 0 Å². The smallest absolute Gasteiger partial charge is 0.325 e. The second-order valence-electron chi connectivity index (χ2n) is 8.19. The van der Waals surface area contributed by atoms with Crippen molar-refractivity contribution in [1.29, 1.82) is 0 Å². The zero-order chi connectivity index (χ0) is 21.8. The fourth-order valence-electron chi connectivity index (χ4n) is 4.37. The molecule has 0 aliphatic carbocycles. The Hall–Kier alpha value is -3.19. The first-order valence-electron chi connectivity index (χ1n) is 10.8. The number of nitrogens with zero attached hydrogens (tertiary/aromatic N) is 2. The molecule has 7 heteroatoms. The van der Waals surface area contributed by atoms with Gasteiger partial charge in [0, 0.05) is 12.2 Å². The van der Waals surface area contributed by atoms with Gasteiger partial charge in [0.05, 0.1) is 6.04 Å². The quantitative estimate of drug-likeness (QED) is 0.753. The van der Waals surface area contributed by atoms with E-state index in [1.165, 1.54) is 4.90 Å². The van der Waals surface area contributed by atoms with Crippen molar-refractivity contribution in [3.05, 3.63) is 65.7 Å². The number of piperidine rings is 1. The molecule has 2 N–H and O–H groups in total. The molecule has 0 radical (unpaired) electrons. The number of hydrogen-bond acceptors (Lipinski definition) is 4. The highest BCUT2D eigenvalue weighted by Gasteiger charge is 2.47. The van der Waals surface area contributed by atoms with Crippen LogP contribution >= 0.6 is 0 Å². The highest BCUT2D eigenvalue weighted by molar-refractivity contribution is 6.03. The van der Waals surface area contributed by atoms with Crippen molar-refractivity contribution < 1.29 is 14.4 Å². The van der Waals surface area contributed by atoms with Crippen LogP contribution in [0.15, 0.2) is 54.6 Å².